The number of hydrogen-bond donors (Lipinski definition) is 5. The van der Waals surface area contributed by atoms with Crippen LogP contribution in [-0.2, 0) is 29.0 Å². The standard InChI is InChI=1S/C27H33N7O4/c1-18-23(28-14-6-10-21-12-11-20-9-5-13-29-25(20)33-21)31-17-32-24(18)30-15-22(26(35)36)34-27(37)38-16-19-7-3-2-4-8-19/h2-4,7-8,11-12,17,22H,5-6,9-10,13-16H2,1H3,(H,29,33)(H,34,37)(H,35,36)(H2,28,30,31,32). The van der Waals surface area contributed by atoms with Crippen LogP contribution in [0.2, 0.25) is 0 Å². The highest BCUT2D eigenvalue weighted by Gasteiger charge is 2.21. The lowest BCUT2D eigenvalue weighted by Gasteiger charge is -2.18. The number of nitrogens with one attached hydrogen (secondary N) is 4. The topological polar surface area (TPSA) is 150 Å². The van der Waals surface area contributed by atoms with Gasteiger partial charge in [-0.1, -0.05) is 36.4 Å². The number of amides is 1. The molecule has 200 valence electrons. The number of carbonyl (C=O) groups is 2. The van der Waals surface area contributed by atoms with Gasteiger partial charge in [-0.25, -0.2) is 24.5 Å². The predicted octanol–water partition coefficient (Wildman–Crippen LogP) is 3.37. The second-order valence-electron chi connectivity index (χ2n) is 9.04. The van der Waals surface area contributed by atoms with E-state index in [0.29, 0.717) is 18.2 Å². The Balaban J connectivity index is 1.24. The lowest BCUT2D eigenvalue weighted by atomic mass is 10.1. The molecule has 1 amide bonds. The maximum Gasteiger partial charge on any atom is 0.408 e. The number of aromatic nitrogens is 3. The number of aryl methyl sites for hydroxylation is 2. The average molecular weight is 520 g/mol. The number of aliphatic carboxylic acids is 1. The summed E-state index contributed by atoms with van der Waals surface area (Å²) in [4.78, 5) is 37.1. The smallest absolute Gasteiger partial charge is 0.408 e. The Morgan fingerprint density at radius 3 is 2.68 bits per heavy atom. The van der Waals surface area contributed by atoms with Gasteiger partial charge in [0.25, 0.3) is 0 Å². The van der Waals surface area contributed by atoms with E-state index >= 15 is 0 Å². The Bertz CT molecular complexity index is 1240. The van der Waals surface area contributed by atoms with Gasteiger partial charge < -0.3 is 31.1 Å². The van der Waals surface area contributed by atoms with Crippen LogP contribution in [0.1, 0.15) is 35.2 Å². The van der Waals surface area contributed by atoms with E-state index < -0.39 is 18.1 Å². The Morgan fingerprint density at radius 1 is 1.11 bits per heavy atom. The van der Waals surface area contributed by atoms with Crippen molar-refractivity contribution >= 4 is 29.5 Å². The predicted molar refractivity (Wildman–Crippen MR) is 144 cm³/mol. The largest absolute Gasteiger partial charge is 0.480 e. The lowest BCUT2D eigenvalue weighted by molar-refractivity contribution is -0.139. The first-order valence-corrected chi connectivity index (χ1v) is 12.7. The minimum Gasteiger partial charge on any atom is -0.480 e. The fourth-order valence-corrected chi connectivity index (χ4v) is 4.10. The van der Waals surface area contributed by atoms with Gasteiger partial charge in [-0.05, 0) is 49.8 Å². The summed E-state index contributed by atoms with van der Waals surface area (Å²) in [6, 6.07) is 12.2. The highest BCUT2D eigenvalue weighted by molar-refractivity contribution is 5.80. The quantitative estimate of drug-likeness (QED) is 0.225. The molecule has 0 bridgehead atoms. The molecule has 1 aliphatic heterocycles. The van der Waals surface area contributed by atoms with Crippen LogP contribution < -0.4 is 21.3 Å². The number of ether oxygens (including phenoxy) is 1. The first-order valence-electron chi connectivity index (χ1n) is 12.7. The minimum absolute atomic E-state index is 0.0475. The number of carboxylic acids is 1. The highest BCUT2D eigenvalue weighted by Crippen LogP contribution is 2.21. The number of benzene rings is 1. The number of anilines is 3. The van der Waals surface area contributed by atoms with E-state index in [0.717, 1.165) is 54.9 Å². The van der Waals surface area contributed by atoms with Crippen molar-refractivity contribution in [3.05, 3.63) is 71.2 Å². The van der Waals surface area contributed by atoms with Crippen molar-refractivity contribution in [3.8, 4) is 0 Å². The second-order valence-corrected chi connectivity index (χ2v) is 9.04. The van der Waals surface area contributed by atoms with E-state index in [4.69, 9.17) is 9.72 Å². The Labute approximate surface area is 221 Å². The van der Waals surface area contributed by atoms with Crippen LogP contribution in [0, 0.1) is 6.92 Å². The number of pyridine rings is 1. The van der Waals surface area contributed by atoms with Gasteiger partial charge in [0, 0.05) is 30.9 Å². The molecular formula is C27H33N7O4. The van der Waals surface area contributed by atoms with Crippen molar-refractivity contribution in [2.45, 2.75) is 45.3 Å². The molecule has 1 unspecified atom stereocenters. The summed E-state index contributed by atoms with van der Waals surface area (Å²) in [6.45, 7) is 3.47. The van der Waals surface area contributed by atoms with Gasteiger partial charge in [-0.15, -0.1) is 0 Å². The highest BCUT2D eigenvalue weighted by atomic mass is 16.5. The summed E-state index contributed by atoms with van der Waals surface area (Å²) in [6.07, 6.45) is 4.52. The van der Waals surface area contributed by atoms with Crippen molar-refractivity contribution < 1.29 is 19.4 Å². The summed E-state index contributed by atoms with van der Waals surface area (Å²) in [5.74, 6) is 0.952. The zero-order valence-corrected chi connectivity index (χ0v) is 21.4. The van der Waals surface area contributed by atoms with Gasteiger partial charge >= 0.3 is 12.1 Å². The normalized spacial score (nSPS) is 13.0. The van der Waals surface area contributed by atoms with E-state index in [-0.39, 0.29) is 13.2 Å². The molecule has 5 N–H and O–H groups in total. The molecule has 3 aromatic rings. The number of nitrogens with zero attached hydrogens (tertiary/aromatic N) is 3. The van der Waals surface area contributed by atoms with E-state index in [1.807, 2.05) is 37.3 Å². The molecule has 0 saturated heterocycles. The summed E-state index contributed by atoms with van der Waals surface area (Å²) >= 11 is 0. The molecule has 0 saturated carbocycles. The molecule has 1 aromatic carbocycles. The van der Waals surface area contributed by atoms with E-state index in [1.54, 1.807) is 0 Å². The van der Waals surface area contributed by atoms with Crippen LogP contribution in [0.3, 0.4) is 0 Å². The second kappa shape index (κ2) is 13.2. The lowest BCUT2D eigenvalue weighted by Crippen LogP contribution is -2.45. The molecule has 11 nitrogen and oxygen atoms in total. The first kappa shape index (κ1) is 26.6. The molecule has 38 heavy (non-hydrogen) atoms. The van der Waals surface area contributed by atoms with Crippen LogP contribution in [0.4, 0.5) is 22.2 Å². The molecule has 11 heteroatoms. The maximum atomic E-state index is 12.1. The zero-order valence-electron chi connectivity index (χ0n) is 21.4. The first-order chi connectivity index (χ1) is 18.5. The fourth-order valence-electron chi connectivity index (χ4n) is 4.10. The van der Waals surface area contributed by atoms with Crippen molar-refractivity contribution in [2.24, 2.45) is 0 Å². The van der Waals surface area contributed by atoms with Gasteiger partial charge in [0.2, 0.25) is 0 Å². The van der Waals surface area contributed by atoms with Gasteiger partial charge in [-0.3, -0.25) is 0 Å². The summed E-state index contributed by atoms with van der Waals surface area (Å²) in [5, 5.41) is 21.6. The summed E-state index contributed by atoms with van der Waals surface area (Å²) < 4.78 is 5.13. The van der Waals surface area contributed by atoms with Crippen molar-refractivity contribution in [1.82, 2.24) is 20.3 Å². The zero-order chi connectivity index (χ0) is 26.7. The van der Waals surface area contributed by atoms with Crippen molar-refractivity contribution in [3.63, 3.8) is 0 Å². The number of rotatable bonds is 12. The van der Waals surface area contributed by atoms with Crippen LogP contribution >= 0.6 is 0 Å². The monoisotopic (exact) mass is 519 g/mol. The molecule has 3 heterocycles. The summed E-state index contributed by atoms with van der Waals surface area (Å²) in [5.41, 5.74) is 3.88. The maximum absolute atomic E-state index is 12.1. The number of alkyl carbamates (subject to hydrolysis) is 1. The van der Waals surface area contributed by atoms with Gasteiger partial charge in [0.05, 0.1) is 0 Å². The molecule has 0 radical (unpaired) electrons. The minimum atomic E-state index is -1.21. The summed E-state index contributed by atoms with van der Waals surface area (Å²) in [7, 11) is 0. The molecule has 2 aromatic heterocycles. The number of carboxylic acid groups (broad SMARTS) is 1. The molecule has 1 aliphatic rings. The molecular weight excluding hydrogens is 486 g/mol. The van der Waals surface area contributed by atoms with Gasteiger partial charge in [-0.2, -0.15) is 0 Å². The third kappa shape index (κ3) is 7.55. The fraction of sp³-hybridized carbons (Fsp3) is 0.370. The Kier molecular flexibility index (Phi) is 9.27. The van der Waals surface area contributed by atoms with Gasteiger partial charge in [0.1, 0.15) is 36.4 Å². The van der Waals surface area contributed by atoms with Crippen LogP contribution in [-0.4, -0.2) is 57.8 Å². The number of fused-ring (bicyclic) bond motifs is 1. The molecule has 0 fully saturated rings. The van der Waals surface area contributed by atoms with E-state index in [2.05, 4.69) is 43.4 Å². The molecule has 0 spiro atoms. The van der Waals surface area contributed by atoms with Gasteiger partial charge in [0.15, 0.2) is 0 Å². The third-order valence-corrected chi connectivity index (χ3v) is 6.21. The SMILES string of the molecule is Cc1c(NCCCc2ccc3c(n2)NCCC3)ncnc1NCC(NC(=O)OCc1ccccc1)C(=O)O. The number of carbonyl (C=O) groups excluding carboxylic acids is 1. The van der Waals surface area contributed by atoms with E-state index in [1.165, 1.54) is 11.9 Å². The van der Waals surface area contributed by atoms with Crippen LogP contribution in [0.5, 0.6) is 0 Å². The molecule has 4 rings (SSSR count). The van der Waals surface area contributed by atoms with Crippen LogP contribution in [0.25, 0.3) is 0 Å². The molecule has 1 atom stereocenters. The third-order valence-electron chi connectivity index (χ3n) is 6.21. The Hall–Kier alpha value is -4.41. The van der Waals surface area contributed by atoms with Crippen LogP contribution in [0.15, 0.2) is 48.8 Å². The van der Waals surface area contributed by atoms with Crippen molar-refractivity contribution in [2.75, 3.05) is 35.6 Å². The molecule has 0 aliphatic carbocycles. The van der Waals surface area contributed by atoms with E-state index in [9.17, 15) is 14.7 Å². The average Bonchev–Trinajstić information content (AvgIpc) is 2.94. The van der Waals surface area contributed by atoms with Crippen molar-refractivity contribution in [1.29, 1.82) is 0 Å². The Morgan fingerprint density at radius 2 is 1.89 bits per heavy atom. The number of hydrogen-bond acceptors (Lipinski definition) is 9.